The monoisotopic (exact) mass is 840 g/mol. The predicted molar refractivity (Wildman–Crippen MR) is 162 cm³/mol. The minimum atomic E-state index is -3.07. The molecular weight excluding hydrogens is 800 g/mol. The van der Waals surface area contributed by atoms with Gasteiger partial charge in [0.05, 0.1) is 49.3 Å². The van der Waals surface area contributed by atoms with E-state index in [1.165, 1.54) is 0 Å². The van der Waals surface area contributed by atoms with Crippen molar-refractivity contribution in [1.82, 2.24) is 42.5 Å². The number of hydrogen-bond acceptors (Lipinski definition) is 8. The van der Waals surface area contributed by atoms with E-state index >= 15 is 35.1 Å². The molecule has 8 nitrogen and oxygen atoms in total. The molecule has 4 aliphatic carbocycles. The lowest BCUT2D eigenvalue weighted by atomic mass is 9.72. The van der Waals surface area contributed by atoms with Crippen LogP contribution in [0.5, 0.6) is 0 Å². The van der Waals surface area contributed by atoms with Crippen molar-refractivity contribution in [2.75, 3.05) is 0 Å². The van der Waals surface area contributed by atoms with Crippen LogP contribution in [0.4, 0.5) is 70.2 Å². The molecule has 9 fully saturated rings. The fourth-order valence-electron chi connectivity index (χ4n) is 11.8. The zero-order chi connectivity index (χ0) is 40.1. The number of fused-ring (bicyclic) bond motifs is 20. The highest BCUT2D eigenvalue weighted by Gasteiger charge is 2.69. The Kier molecular flexibility index (Phi) is 10.0. The molecule has 0 aromatic rings. The quantitative estimate of drug-likeness (QED) is 0.175. The molecule has 0 spiro atoms. The van der Waals surface area contributed by atoms with Gasteiger partial charge >= 0.3 is 0 Å². The zero-order valence-corrected chi connectivity index (χ0v) is 28.5. The molecule has 5 saturated heterocycles. The Hall–Kier alpha value is -1.44. The van der Waals surface area contributed by atoms with E-state index in [2.05, 4.69) is 42.5 Å². The van der Waals surface area contributed by atoms with Crippen LogP contribution in [0.2, 0.25) is 0 Å². The van der Waals surface area contributed by atoms with Gasteiger partial charge in [-0.15, -0.1) is 0 Å². The van der Waals surface area contributed by atoms with E-state index in [4.69, 9.17) is 0 Å². The van der Waals surface area contributed by atoms with Crippen molar-refractivity contribution in [3.63, 3.8) is 0 Å². The zero-order valence-electron chi connectivity index (χ0n) is 28.5. The van der Waals surface area contributed by atoms with Gasteiger partial charge in [0.25, 0.3) is 0 Å². The van der Waals surface area contributed by atoms with Crippen LogP contribution in [0.1, 0.15) is 0 Å². The maximum Gasteiger partial charge on any atom is 0.165 e. The summed E-state index contributed by atoms with van der Waals surface area (Å²) in [5.74, 6) is -15.4. The number of rotatable bonds is 0. The van der Waals surface area contributed by atoms with Crippen molar-refractivity contribution in [2.45, 2.75) is 148 Å². The normalized spacial score (nSPS) is 66.0. The summed E-state index contributed by atoms with van der Waals surface area (Å²) in [7, 11) is 0. The van der Waals surface area contributed by atoms with Crippen LogP contribution >= 0.6 is 0 Å². The van der Waals surface area contributed by atoms with Crippen LogP contribution in [-0.4, -0.2) is 148 Å². The lowest BCUT2D eigenvalue weighted by molar-refractivity contribution is -0.0931. The molecule has 0 radical (unpaired) electrons. The first-order valence-corrected chi connectivity index (χ1v) is 18.8. The Morgan fingerprint density at radius 1 is 0.143 bits per heavy atom. The molecule has 24 atom stereocenters. The average molecular weight is 841 g/mol. The summed E-state index contributed by atoms with van der Waals surface area (Å²) in [6.45, 7) is 0. The Morgan fingerprint density at radius 3 is 0.321 bits per heavy atom. The van der Waals surface area contributed by atoms with E-state index in [0.717, 1.165) is 0 Å². The standard InChI is InChI=1S/C32H40F16N8/c33-9-1-2(10(34)18(42)17(9)41)26-49-25(1)53-27-3-4(12(36)20(44)19(43)11(3)35)29(50-27)55-31-7-8(16(40)24(48)23(47)15(7)39)32(52-31)56-30-6-5(28(51-30)54-26)13(37)21(45)22(46)14(6)38/h1-32,49-56H. The van der Waals surface area contributed by atoms with Gasteiger partial charge in [-0.25, -0.2) is 70.2 Å². The van der Waals surface area contributed by atoms with Gasteiger partial charge in [-0.3, -0.25) is 42.5 Å². The van der Waals surface area contributed by atoms with E-state index in [9.17, 15) is 35.1 Å². The summed E-state index contributed by atoms with van der Waals surface area (Å²) in [5.41, 5.74) is 0. The maximum absolute atomic E-state index is 15.8. The van der Waals surface area contributed by atoms with E-state index in [0.29, 0.717) is 0 Å². The number of hydrogen-bond donors (Lipinski definition) is 8. The van der Waals surface area contributed by atoms with Crippen LogP contribution in [0, 0.1) is 47.3 Å². The first kappa shape index (κ1) is 40.0. The molecule has 4 saturated carbocycles. The molecule has 5 heterocycles. The van der Waals surface area contributed by atoms with Gasteiger partial charge in [-0.2, -0.15) is 0 Å². The third-order valence-corrected chi connectivity index (χ3v) is 14.3. The largest absolute Gasteiger partial charge is 0.286 e. The maximum atomic E-state index is 15.8. The van der Waals surface area contributed by atoms with Crippen molar-refractivity contribution in [2.24, 2.45) is 47.3 Å². The third kappa shape index (κ3) is 5.56. The highest BCUT2D eigenvalue weighted by atomic mass is 19.2. The number of halogens is 16. The van der Waals surface area contributed by atoms with E-state index < -0.39 is 195 Å². The van der Waals surface area contributed by atoms with Crippen molar-refractivity contribution < 1.29 is 70.2 Å². The molecule has 8 bridgehead atoms. The van der Waals surface area contributed by atoms with Crippen molar-refractivity contribution in [3.8, 4) is 0 Å². The summed E-state index contributed by atoms with van der Waals surface area (Å²) in [6.07, 6.45) is -61.1. The fraction of sp³-hybridized carbons (Fsp3) is 1.00. The van der Waals surface area contributed by atoms with E-state index in [-0.39, 0.29) is 0 Å². The van der Waals surface area contributed by atoms with E-state index in [1.54, 1.807) is 0 Å². The van der Waals surface area contributed by atoms with Gasteiger partial charge in [-0.1, -0.05) is 0 Å². The molecule has 0 amide bonds. The minimum absolute atomic E-state index is 1.75. The van der Waals surface area contributed by atoms with Gasteiger partial charge in [-0.05, 0) is 0 Å². The summed E-state index contributed by atoms with van der Waals surface area (Å²) < 4.78 is 246. The molecule has 320 valence electrons. The second-order valence-corrected chi connectivity index (χ2v) is 16.9. The minimum Gasteiger partial charge on any atom is -0.286 e. The Morgan fingerprint density at radius 2 is 0.232 bits per heavy atom. The average Bonchev–Trinajstić information content (AvgIpc) is 3.92. The summed E-state index contributed by atoms with van der Waals surface area (Å²) in [4.78, 5) is 0. The molecule has 0 aromatic heterocycles. The van der Waals surface area contributed by atoms with Gasteiger partial charge in [0.2, 0.25) is 0 Å². The smallest absolute Gasteiger partial charge is 0.165 e. The lowest BCUT2D eigenvalue weighted by Crippen LogP contribution is -2.62. The van der Waals surface area contributed by atoms with Crippen LogP contribution in [0.3, 0.4) is 0 Å². The number of alkyl halides is 16. The molecule has 5 aliphatic heterocycles. The summed E-state index contributed by atoms with van der Waals surface area (Å²) in [6, 6.07) is 0. The summed E-state index contributed by atoms with van der Waals surface area (Å²) in [5, 5.41) is 21.0. The van der Waals surface area contributed by atoms with Crippen molar-refractivity contribution >= 4 is 0 Å². The molecule has 8 N–H and O–H groups in total. The highest BCUT2D eigenvalue weighted by molar-refractivity contribution is 5.18. The third-order valence-electron chi connectivity index (χ3n) is 14.3. The predicted octanol–water partition coefficient (Wildman–Crippen LogP) is 1.77. The van der Waals surface area contributed by atoms with Crippen LogP contribution in [0.15, 0.2) is 0 Å². The Labute approximate surface area is 308 Å². The Balaban J connectivity index is 1.15. The molecule has 0 aromatic carbocycles. The molecular formula is C32H40F16N8. The molecule has 9 rings (SSSR count). The van der Waals surface area contributed by atoms with Crippen LogP contribution < -0.4 is 42.5 Å². The van der Waals surface area contributed by atoms with Crippen LogP contribution in [-0.2, 0) is 0 Å². The topological polar surface area (TPSA) is 96.2 Å². The highest BCUT2D eigenvalue weighted by Crippen LogP contribution is 2.51. The van der Waals surface area contributed by atoms with Gasteiger partial charge < -0.3 is 0 Å². The van der Waals surface area contributed by atoms with Gasteiger partial charge in [0.15, 0.2) is 49.4 Å². The first-order valence-electron chi connectivity index (χ1n) is 18.8. The number of nitrogens with one attached hydrogen (secondary N) is 8. The van der Waals surface area contributed by atoms with E-state index in [1.807, 2.05) is 0 Å². The first-order chi connectivity index (χ1) is 26.4. The second-order valence-electron chi connectivity index (χ2n) is 16.9. The molecule has 24 unspecified atom stereocenters. The lowest BCUT2D eigenvalue weighted by Gasteiger charge is -2.43. The van der Waals surface area contributed by atoms with Gasteiger partial charge in [0.1, 0.15) is 49.4 Å². The van der Waals surface area contributed by atoms with Gasteiger partial charge in [0, 0.05) is 47.3 Å². The Bertz CT molecular complexity index is 1170. The van der Waals surface area contributed by atoms with Crippen molar-refractivity contribution in [1.29, 1.82) is 0 Å². The summed E-state index contributed by atoms with van der Waals surface area (Å²) >= 11 is 0. The fourth-order valence-corrected chi connectivity index (χ4v) is 11.8. The van der Waals surface area contributed by atoms with Crippen molar-refractivity contribution in [3.05, 3.63) is 0 Å². The SMILES string of the molecule is FC1C(F)C(F)C2C3NC(NC4NC(NC5NC(NC6NC(N3)C3C(F)C(F)C(F)C(F)C63)C3C(F)C(F)C(F)C(F)C53)C3C(F)C(F)C(F)C(F)C43)C2C1F. The molecule has 9 aliphatic rings. The molecule has 24 heteroatoms. The second kappa shape index (κ2) is 14.1. The molecule has 56 heavy (non-hydrogen) atoms. The van der Waals surface area contributed by atoms with Crippen LogP contribution in [0.25, 0.3) is 0 Å².